The van der Waals surface area contributed by atoms with Gasteiger partial charge >= 0.3 is 0 Å². The summed E-state index contributed by atoms with van der Waals surface area (Å²) in [4.78, 5) is 4.51. The van der Waals surface area contributed by atoms with E-state index in [0.29, 0.717) is 6.54 Å². The molecular weight excluding hydrogens is 241 g/mol. The van der Waals surface area contributed by atoms with E-state index in [2.05, 4.69) is 30.8 Å². The van der Waals surface area contributed by atoms with Gasteiger partial charge in [-0.1, -0.05) is 13.0 Å². The normalized spacial score (nSPS) is 11.5. The van der Waals surface area contributed by atoms with Crippen LogP contribution in [0.4, 0.5) is 4.39 Å². The first-order valence-corrected chi connectivity index (χ1v) is 6.91. The number of rotatable bonds is 8. The molecule has 1 aromatic rings. The second kappa shape index (κ2) is 8.25. The molecule has 1 aromatic carbocycles. The zero-order valence-corrected chi connectivity index (χ0v) is 12.3. The molecule has 0 heterocycles. The molecule has 2 N–H and O–H groups in total. The summed E-state index contributed by atoms with van der Waals surface area (Å²) in [6.07, 6.45) is 1.12. The van der Waals surface area contributed by atoms with Gasteiger partial charge in [0.2, 0.25) is 0 Å². The summed E-state index contributed by atoms with van der Waals surface area (Å²) in [6.45, 7) is 6.43. The van der Waals surface area contributed by atoms with E-state index >= 15 is 0 Å². The first-order valence-electron chi connectivity index (χ1n) is 6.91. The van der Waals surface area contributed by atoms with Crippen molar-refractivity contribution >= 4 is 0 Å². The van der Waals surface area contributed by atoms with Gasteiger partial charge in [-0.15, -0.1) is 0 Å². The van der Waals surface area contributed by atoms with Crippen LogP contribution in [0.1, 0.15) is 24.5 Å². The SMILES string of the molecule is CCN(CCCN(C)C)Cc1cc(F)ccc1CN. The van der Waals surface area contributed by atoms with Crippen molar-refractivity contribution in [2.75, 3.05) is 33.7 Å². The van der Waals surface area contributed by atoms with Gasteiger partial charge in [-0.25, -0.2) is 4.39 Å². The molecule has 0 spiro atoms. The van der Waals surface area contributed by atoms with E-state index in [-0.39, 0.29) is 5.82 Å². The van der Waals surface area contributed by atoms with Crippen LogP contribution in [0.25, 0.3) is 0 Å². The van der Waals surface area contributed by atoms with Crippen LogP contribution in [0.5, 0.6) is 0 Å². The molecule has 0 radical (unpaired) electrons. The van der Waals surface area contributed by atoms with Crippen LogP contribution in [0.15, 0.2) is 18.2 Å². The molecule has 0 aliphatic carbocycles. The fraction of sp³-hybridized carbons (Fsp3) is 0.600. The topological polar surface area (TPSA) is 32.5 Å². The maximum absolute atomic E-state index is 13.3. The fourth-order valence-corrected chi connectivity index (χ4v) is 2.14. The molecule has 0 atom stereocenters. The summed E-state index contributed by atoms with van der Waals surface area (Å²) < 4.78 is 13.3. The summed E-state index contributed by atoms with van der Waals surface area (Å²) in [5, 5.41) is 0. The van der Waals surface area contributed by atoms with Crippen molar-refractivity contribution in [1.29, 1.82) is 0 Å². The third kappa shape index (κ3) is 5.68. The maximum atomic E-state index is 13.3. The monoisotopic (exact) mass is 267 g/mol. The third-order valence-electron chi connectivity index (χ3n) is 3.31. The van der Waals surface area contributed by atoms with Gasteiger partial charge in [-0.2, -0.15) is 0 Å². The standard InChI is InChI=1S/C15H26FN3/c1-4-19(9-5-8-18(2)3)12-14-10-15(16)7-6-13(14)11-17/h6-7,10H,4-5,8-9,11-12,17H2,1-3H3. The maximum Gasteiger partial charge on any atom is 0.123 e. The first kappa shape index (κ1) is 16.1. The zero-order chi connectivity index (χ0) is 14.3. The highest BCUT2D eigenvalue weighted by Crippen LogP contribution is 2.14. The summed E-state index contributed by atoms with van der Waals surface area (Å²) in [6, 6.07) is 4.88. The second-order valence-corrected chi connectivity index (χ2v) is 5.14. The second-order valence-electron chi connectivity index (χ2n) is 5.14. The van der Waals surface area contributed by atoms with Crippen LogP contribution in [-0.4, -0.2) is 43.5 Å². The lowest BCUT2D eigenvalue weighted by Crippen LogP contribution is -2.27. The molecule has 0 unspecified atom stereocenters. The van der Waals surface area contributed by atoms with E-state index in [1.54, 1.807) is 12.1 Å². The van der Waals surface area contributed by atoms with E-state index in [4.69, 9.17) is 5.73 Å². The number of nitrogens with two attached hydrogens (primary N) is 1. The predicted octanol–water partition coefficient (Wildman–Crippen LogP) is 2.06. The fourth-order valence-electron chi connectivity index (χ4n) is 2.14. The van der Waals surface area contributed by atoms with Crippen molar-refractivity contribution in [3.05, 3.63) is 35.1 Å². The van der Waals surface area contributed by atoms with Crippen LogP contribution >= 0.6 is 0 Å². The van der Waals surface area contributed by atoms with E-state index in [9.17, 15) is 4.39 Å². The average molecular weight is 267 g/mol. The van der Waals surface area contributed by atoms with Crippen LogP contribution in [0.3, 0.4) is 0 Å². The van der Waals surface area contributed by atoms with Crippen molar-refractivity contribution in [2.45, 2.75) is 26.4 Å². The van der Waals surface area contributed by atoms with Gasteiger partial charge in [-0.05, 0) is 63.4 Å². The Kier molecular flexibility index (Phi) is 6.99. The molecule has 0 saturated heterocycles. The molecule has 3 nitrogen and oxygen atoms in total. The molecule has 0 amide bonds. The van der Waals surface area contributed by atoms with Gasteiger partial charge < -0.3 is 10.6 Å². The van der Waals surface area contributed by atoms with Gasteiger partial charge in [0.1, 0.15) is 5.82 Å². The van der Waals surface area contributed by atoms with E-state index in [1.807, 2.05) is 0 Å². The van der Waals surface area contributed by atoms with Gasteiger partial charge in [0.25, 0.3) is 0 Å². The van der Waals surface area contributed by atoms with Crippen LogP contribution in [-0.2, 0) is 13.1 Å². The van der Waals surface area contributed by atoms with Crippen LogP contribution < -0.4 is 5.73 Å². The van der Waals surface area contributed by atoms with Gasteiger partial charge in [-0.3, -0.25) is 4.90 Å². The highest BCUT2D eigenvalue weighted by Gasteiger charge is 2.08. The molecule has 0 aliphatic rings. The van der Waals surface area contributed by atoms with E-state index in [1.165, 1.54) is 6.07 Å². The average Bonchev–Trinajstić information content (AvgIpc) is 2.37. The van der Waals surface area contributed by atoms with Gasteiger partial charge in [0.15, 0.2) is 0 Å². The Labute approximate surface area is 116 Å². The van der Waals surface area contributed by atoms with E-state index < -0.39 is 0 Å². The lowest BCUT2D eigenvalue weighted by atomic mass is 10.1. The Balaban J connectivity index is 2.61. The number of nitrogens with zero attached hydrogens (tertiary/aromatic N) is 2. The number of benzene rings is 1. The van der Waals surface area contributed by atoms with Crippen molar-refractivity contribution < 1.29 is 4.39 Å². The summed E-state index contributed by atoms with van der Waals surface area (Å²) in [5.41, 5.74) is 7.75. The Morgan fingerprint density at radius 3 is 2.47 bits per heavy atom. The molecule has 0 aliphatic heterocycles. The minimum atomic E-state index is -0.184. The molecule has 0 bridgehead atoms. The van der Waals surface area contributed by atoms with Crippen molar-refractivity contribution in [3.63, 3.8) is 0 Å². The Morgan fingerprint density at radius 1 is 1.16 bits per heavy atom. The molecule has 108 valence electrons. The van der Waals surface area contributed by atoms with E-state index in [0.717, 1.165) is 43.7 Å². The Morgan fingerprint density at radius 2 is 1.89 bits per heavy atom. The first-order chi connectivity index (χ1) is 9.06. The number of halogens is 1. The summed E-state index contributed by atoms with van der Waals surface area (Å²) in [5.74, 6) is -0.184. The molecule has 1 rings (SSSR count). The molecular formula is C15H26FN3. The molecule has 0 fully saturated rings. The quantitative estimate of drug-likeness (QED) is 0.782. The molecule has 0 aromatic heterocycles. The lowest BCUT2D eigenvalue weighted by molar-refractivity contribution is 0.258. The molecule has 19 heavy (non-hydrogen) atoms. The van der Waals surface area contributed by atoms with Crippen LogP contribution in [0.2, 0.25) is 0 Å². The predicted molar refractivity (Wildman–Crippen MR) is 78.4 cm³/mol. The Hall–Kier alpha value is -0.970. The van der Waals surface area contributed by atoms with Crippen molar-refractivity contribution in [2.24, 2.45) is 5.73 Å². The summed E-state index contributed by atoms with van der Waals surface area (Å²) in [7, 11) is 4.16. The number of hydrogen-bond acceptors (Lipinski definition) is 3. The Bertz CT molecular complexity index is 380. The molecule has 0 saturated carbocycles. The molecule has 4 heteroatoms. The summed E-state index contributed by atoms with van der Waals surface area (Å²) >= 11 is 0. The largest absolute Gasteiger partial charge is 0.326 e. The van der Waals surface area contributed by atoms with Gasteiger partial charge in [0.05, 0.1) is 0 Å². The van der Waals surface area contributed by atoms with Crippen LogP contribution in [0, 0.1) is 5.82 Å². The highest BCUT2D eigenvalue weighted by atomic mass is 19.1. The third-order valence-corrected chi connectivity index (χ3v) is 3.31. The number of hydrogen-bond donors (Lipinski definition) is 1. The lowest BCUT2D eigenvalue weighted by Gasteiger charge is -2.22. The van der Waals surface area contributed by atoms with Gasteiger partial charge in [0, 0.05) is 13.1 Å². The highest BCUT2D eigenvalue weighted by molar-refractivity contribution is 5.27. The minimum absolute atomic E-state index is 0.184. The van der Waals surface area contributed by atoms with Crippen molar-refractivity contribution in [1.82, 2.24) is 9.80 Å². The zero-order valence-electron chi connectivity index (χ0n) is 12.3. The minimum Gasteiger partial charge on any atom is -0.326 e. The van der Waals surface area contributed by atoms with Crippen molar-refractivity contribution in [3.8, 4) is 0 Å². The smallest absolute Gasteiger partial charge is 0.123 e.